The molecule has 0 heterocycles. The van der Waals surface area contributed by atoms with Gasteiger partial charge in [-0.3, -0.25) is 4.79 Å². The Kier molecular flexibility index (Phi) is 6.24. The summed E-state index contributed by atoms with van der Waals surface area (Å²) in [5.41, 5.74) is 1.38. The molecule has 0 aliphatic heterocycles. The highest BCUT2D eigenvalue weighted by Gasteiger charge is 2.27. The fourth-order valence-electron chi connectivity index (χ4n) is 3.04. The number of esters is 1. The van der Waals surface area contributed by atoms with Gasteiger partial charge in [0.25, 0.3) is 0 Å². The SMILES string of the molecule is CCOC(=O)C1CCC(NCC(C)c2ccccc2)CC1. The van der Waals surface area contributed by atoms with Gasteiger partial charge in [0.1, 0.15) is 0 Å². The Morgan fingerprint density at radius 3 is 2.52 bits per heavy atom. The fourth-order valence-corrected chi connectivity index (χ4v) is 3.04. The first-order valence-electron chi connectivity index (χ1n) is 8.15. The first-order valence-corrected chi connectivity index (χ1v) is 8.15. The van der Waals surface area contributed by atoms with E-state index in [9.17, 15) is 4.79 Å². The molecule has 0 saturated heterocycles. The molecule has 1 aliphatic rings. The average Bonchev–Trinajstić information content (AvgIpc) is 2.54. The lowest BCUT2D eigenvalue weighted by Crippen LogP contribution is -2.37. The predicted octanol–water partition coefficient (Wildman–Crippen LogP) is 3.50. The summed E-state index contributed by atoms with van der Waals surface area (Å²) in [5, 5.41) is 3.66. The van der Waals surface area contributed by atoms with Crippen molar-refractivity contribution in [2.75, 3.05) is 13.2 Å². The molecule has 1 atom stereocenters. The maximum Gasteiger partial charge on any atom is 0.308 e. The molecule has 0 aromatic heterocycles. The van der Waals surface area contributed by atoms with Crippen LogP contribution in [0.25, 0.3) is 0 Å². The van der Waals surface area contributed by atoms with E-state index in [-0.39, 0.29) is 11.9 Å². The van der Waals surface area contributed by atoms with Crippen LogP contribution < -0.4 is 5.32 Å². The van der Waals surface area contributed by atoms with E-state index in [4.69, 9.17) is 4.74 Å². The summed E-state index contributed by atoms with van der Waals surface area (Å²) in [6.07, 6.45) is 4.06. The van der Waals surface area contributed by atoms with Crippen molar-refractivity contribution in [2.45, 2.75) is 51.5 Å². The molecule has 1 saturated carbocycles. The molecule has 116 valence electrons. The fraction of sp³-hybridized carbons (Fsp3) is 0.611. The van der Waals surface area contributed by atoms with Crippen molar-refractivity contribution in [2.24, 2.45) is 5.92 Å². The molecule has 1 aliphatic carbocycles. The van der Waals surface area contributed by atoms with Crippen LogP contribution in [0.5, 0.6) is 0 Å². The van der Waals surface area contributed by atoms with Crippen molar-refractivity contribution in [3.63, 3.8) is 0 Å². The van der Waals surface area contributed by atoms with E-state index in [0.29, 0.717) is 18.6 Å². The number of carbonyl (C=O) groups excluding carboxylic acids is 1. The highest BCUT2D eigenvalue weighted by atomic mass is 16.5. The minimum absolute atomic E-state index is 0.00592. The van der Waals surface area contributed by atoms with Crippen LogP contribution in [0.2, 0.25) is 0 Å². The van der Waals surface area contributed by atoms with Gasteiger partial charge in [-0.1, -0.05) is 37.3 Å². The third-order valence-corrected chi connectivity index (χ3v) is 4.43. The zero-order valence-electron chi connectivity index (χ0n) is 13.2. The average molecular weight is 289 g/mol. The number of ether oxygens (including phenoxy) is 1. The maximum absolute atomic E-state index is 11.7. The second-order valence-corrected chi connectivity index (χ2v) is 6.02. The van der Waals surface area contributed by atoms with Crippen molar-refractivity contribution in [3.8, 4) is 0 Å². The Morgan fingerprint density at radius 1 is 1.24 bits per heavy atom. The van der Waals surface area contributed by atoms with Crippen molar-refractivity contribution >= 4 is 5.97 Å². The van der Waals surface area contributed by atoms with Gasteiger partial charge in [0, 0.05) is 12.6 Å². The molecule has 1 N–H and O–H groups in total. The molecule has 1 aromatic rings. The molecule has 0 bridgehead atoms. The summed E-state index contributed by atoms with van der Waals surface area (Å²) >= 11 is 0. The smallest absolute Gasteiger partial charge is 0.308 e. The highest BCUT2D eigenvalue weighted by Crippen LogP contribution is 2.26. The molecule has 21 heavy (non-hydrogen) atoms. The molecule has 3 heteroatoms. The largest absolute Gasteiger partial charge is 0.466 e. The van der Waals surface area contributed by atoms with Crippen LogP contribution in [0.15, 0.2) is 30.3 Å². The zero-order chi connectivity index (χ0) is 15.1. The molecule has 1 aromatic carbocycles. The van der Waals surface area contributed by atoms with Crippen molar-refractivity contribution < 1.29 is 9.53 Å². The molecule has 1 fully saturated rings. The number of hydrogen-bond donors (Lipinski definition) is 1. The molecular formula is C18H27NO2. The van der Waals surface area contributed by atoms with Crippen molar-refractivity contribution in [1.82, 2.24) is 5.32 Å². The van der Waals surface area contributed by atoms with Gasteiger partial charge in [0.15, 0.2) is 0 Å². The van der Waals surface area contributed by atoms with E-state index < -0.39 is 0 Å². The Labute approximate surface area is 128 Å². The second-order valence-electron chi connectivity index (χ2n) is 6.02. The molecule has 2 rings (SSSR count). The van der Waals surface area contributed by atoms with Crippen molar-refractivity contribution in [1.29, 1.82) is 0 Å². The molecule has 3 nitrogen and oxygen atoms in total. The number of nitrogens with one attached hydrogen (secondary N) is 1. The van der Waals surface area contributed by atoms with E-state index in [1.165, 1.54) is 5.56 Å². The van der Waals surface area contributed by atoms with Crippen LogP contribution >= 0.6 is 0 Å². The van der Waals surface area contributed by atoms with Gasteiger partial charge in [0.05, 0.1) is 12.5 Å². The third kappa shape index (κ3) is 4.85. The van der Waals surface area contributed by atoms with E-state index in [1.807, 2.05) is 6.92 Å². The van der Waals surface area contributed by atoms with Gasteiger partial charge in [-0.05, 0) is 44.1 Å². The van der Waals surface area contributed by atoms with Crippen LogP contribution in [0.4, 0.5) is 0 Å². The first-order chi connectivity index (χ1) is 10.2. The number of rotatable bonds is 6. The molecule has 0 spiro atoms. The van der Waals surface area contributed by atoms with Gasteiger partial charge in [-0.25, -0.2) is 0 Å². The summed E-state index contributed by atoms with van der Waals surface area (Å²) in [7, 11) is 0. The molecule has 0 radical (unpaired) electrons. The van der Waals surface area contributed by atoms with Crippen LogP contribution in [0, 0.1) is 5.92 Å². The van der Waals surface area contributed by atoms with Crippen LogP contribution in [0.1, 0.15) is 51.0 Å². The van der Waals surface area contributed by atoms with E-state index in [0.717, 1.165) is 32.2 Å². The molecule has 1 unspecified atom stereocenters. The minimum atomic E-state index is -0.00592. The lowest BCUT2D eigenvalue weighted by atomic mass is 9.86. The highest BCUT2D eigenvalue weighted by molar-refractivity contribution is 5.72. The topological polar surface area (TPSA) is 38.3 Å². The summed E-state index contributed by atoms with van der Waals surface area (Å²) < 4.78 is 5.11. The lowest BCUT2D eigenvalue weighted by Gasteiger charge is -2.29. The standard InChI is InChI=1S/C18H27NO2/c1-3-21-18(20)16-9-11-17(12-10-16)19-13-14(2)15-7-5-4-6-8-15/h4-8,14,16-17,19H,3,9-13H2,1-2H3. The van der Waals surface area contributed by atoms with Crippen LogP contribution in [-0.4, -0.2) is 25.2 Å². The monoisotopic (exact) mass is 289 g/mol. The Balaban J connectivity index is 1.70. The van der Waals surface area contributed by atoms with Crippen LogP contribution in [-0.2, 0) is 9.53 Å². The molecule has 0 amide bonds. The third-order valence-electron chi connectivity index (χ3n) is 4.43. The van der Waals surface area contributed by atoms with Crippen LogP contribution in [0.3, 0.4) is 0 Å². The summed E-state index contributed by atoms with van der Waals surface area (Å²) in [6, 6.07) is 11.2. The molecular weight excluding hydrogens is 262 g/mol. The quantitative estimate of drug-likeness (QED) is 0.815. The van der Waals surface area contributed by atoms with Gasteiger partial charge in [-0.15, -0.1) is 0 Å². The zero-order valence-corrected chi connectivity index (χ0v) is 13.2. The van der Waals surface area contributed by atoms with Gasteiger partial charge in [0.2, 0.25) is 0 Å². The van der Waals surface area contributed by atoms with Gasteiger partial charge >= 0.3 is 5.97 Å². The minimum Gasteiger partial charge on any atom is -0.466 e. The number of carbonyl (C=O) groups is 1. The summed E-state index contributed by atoms with van der Waals surface area (Å²) in [4.78, 5) is 11.7. The van der Waals surface area contributed by atoms with E-state index >= 15 is 0 Å². The number of hydrogen-bond acceptors (Lipinski definition) is 3. The number of benzene rings is 1. The first kappa shape index (κ1) is 16.0. The normalized spacial score (nSPS) is 23.5. The van der Waals surface area contributed by atoms with E-state index in [2.05, 4.69) is 42.6 Å². The van der Waals surface area contributed by atoms with E-state index in [1.54, 1.807) is 0 Å². The maximum atomic E-state index is 11.7. The Bertz CT molecular complexity index is 424. The summed E-state index contributed by atoms with van der Waals surface area (Å²) in [5.74, 6) is 0.636. The Morgan fingerprint density at radius 2 is 1.90 bits per heavy atom. The second kappa shape index (κ2) is 8.18. The van der Waals surface area contributed by atoms with Crippen molar-refractivity contribution in [3.05, 3.63) is 35.9 Å². The van der Waals surface area contributed by atoms with Gasteiger partial charge < -0.3 is 10.1 Å². The van der Waals surface area contributed by atoms with Gasteiger partial charge in [-0.2, -0.15) is 0 Å². The Hall–Kier alpha value is -1.35. The lowest BCUT2D eigenvalue weighted by molar-refractivity contribution is -0.149. The predicted molar refractivity (Wildman–Crippen MR) is 85.2 cm³/mol. The summed E-state index contributed by atoms with van der Waals surface area (Å²) in [6.45, 7) is 5.62.